The van der Waals surface area contributed by atoms with Crippen LogP contribution in [0.5, 0.6) is 5.75 Å². The highest BCUT2D eigenvalue weighted by Crippen LogP contribution is 2.16. The average molecular weight is 398 g/mol. The SMILES string of the molecule is O=C(NCCc1nnc2n1CCCCC2)c1cccc(OCc2cscn2)c1. The van der Waals surface area contributed by atoms with Crippen LogP contribution in [0.4, 0.5) is 0 Å². The molecule has 7 nitrogen and oxygen atoms in total. The second-order valence-corrected chi connectivity index (χ2v) is 7.52. The van der Waals surface area contributed by atoms with Crippen LogP contribution in [-0.4, -0.2) is 32.2 Å². The van der Waals surface area contributed by atoms with E-state index in [0.29, 0.717) is 30.9 Å². The number of nitrogens with one attached hydrogen (secondary N) is 1. The number of hydrogen-bond donors (Lipinski definition) is 1. The fourth-order valence-corrected chi connectivity index (χ4v) is 3.86. The van der Waals surface area contributed by atoms with Crippen LogP contribution in [0.2, 0.25) is 0 Å². The minimum absolute atomic E-state index is 0.116. The summed E-state index contributed by atoms with van der Waals surface area (Å²) in [5.74, 6) is 2.57. The maximum atomic E-state index is 12.5. The summed E-state index contributed by atoms with van der Waals surface area (Å²) in [7, 11) is 0. The van der Waals surface area contributed by atoms with Gasteiger partial charge >= 0.3 is 0 Å². The van der Waals surface area contributed by atoms with E-state index < -0.39 is 0 Å². The zero-order valence-corrected chi connectivity index (χ0v) is 16.5. The van der Waals surface area contributed by atoms with Gasteiger partial charge in [-0.1, -0.05) is 12.5 Å². The molecule has 0 aliphatic carbocycles. The molecule has 0 atom stereocenters. The quantitative estimate of drug-likeness (QED) is 0.663. The summed E-state index contributed by atoms with van der Waals surface area (Å²) in [6.45, 7) is 1.90. The molecule has 0 fully saturated rings. The Morgan fingerprint density at radius 2 is 2.21 bits per heavy atom. The van der Waals surface area contributed by atoms with E-state index in [1.807, 2.05) is 17.5 Å². The second-order valence-electron chi connectivity index (χ2n) is 6.80. The van der Waals surface area contributed by atoms with Crippen molar-refractivity contribution in [1.82, 2.24) is 25.1 Å². The Morgan fingerprint density at radius 3 is 3.11 bits per heavy atom. The van der Waals surface area contributed by atoms with Crippen molar-refractivity contribution in [3.05, 3.63) is 58.1 Å². The van der Waals surface area contributed by atoms with Gasteiger partial charge < -0.3 is 14.6 Å². The highest BCUT2D eigenvalue weighted by Gasteiger charge is 2.15. The van der Waals surface area contributed by atoms with E-state index in [9.17, 15) is 4.79 Å². The third kappa shape index (κ3) is 4.56. The number of amides is 1. The summed E-state index contributed by atoms with van der Waals surface area (Å²) in [4.78, 5) is 16.7. The number of aryl methyl sites for hydroxylation is 1. The predicted molar refractivity (Wildman–Crippen MR) is 107 cm³/mol. The molecule has 28 heavy (non-hydrogen) atoms. The van der Waals surface area contributed by atoms with Crippen molar-refractivity contribution in [2.24, 2.45) is 0 Å². The van der Waals surface area contributed by atoms with E-state index in [-0.39, 0.29) is 5.91 Å². The molecule has 1 N–H and O–H groups in total. The Labute approximate surface area is 167 Å². The van der Waals surface area contributed by atoms with Gasteiger partial charge in [0.25, 0.3) is 5.91 Å². The molecule has 4 rings (SSSR count). The molecule has 0 unspecified atom stereocenters. The van der Waals surface area contributed by atoms with Gasteiger partial charge in [-0.2, -0.15) is 0 Å². The fraction of sp³-hybridized carbons (Fsp3) is 0.400. The van der Waals surface area contributed by atoms with Crippen LogP contribution < -0.4 is 10.1 Å². The Hall–Kier alpha value is -2.74. The number of aromatic nitrogens is 4. The highest BCUT2D eigenvalue weighted by atomic mass is 32.1. The summed E-state index contributed by atoms with van der Waals surface area (Å²) in [6.07, 6.45) is 5.25. The zero-order chi connectivity index (χ0) is 19.2. The number of carbonyl (C=O) groups excluding carboxylic acids is 1. The molecule has 0 saturated carbocycles. The predicted octanol–water partition coefficient (Wildman–Crippen LogP) is 3.01. The number of carbonyl (C=O) groups is 1. The van der Waals surface area contributed by atoms with Crippen LogP contribution in [0.3, 0.4) is 0 Å². The molecule has 1 aromatic carbocycles. The molecule has 0 bridgehead atoms. The summed E-state index contributed by atoms with van der Waals surface area (Å²) >= 11 is 1.53. The number of nitrogens with zero attached hydrogens (tertiary/aromatic N) is 4. The lowest BCUT2D eigenvalue weighted by molar-refractivity contribution is 0.0953. The lowest BCUT2D eigenvalue weighted by atomic mass is 10.2. The number of ether oxygens (including phenoxy) is 1. The standard InChI is InChI=1S/C20H23N5O2S/c26-20(15-5-4-6-17(11-15)27-12-16-13-28-14-22-16)21-9-8-19-24-23-18-7-2-1-3-10-25(18)19/h4-6,11,13-14H,1-3,7-10,12H2,(H,21,26). The van der Waals surface area contributed by atoms with Crippen molar-refractivity contribution in [2.45, 2.75) is 45.3 Å². The van der Waals surface area contributed by atoms with Crippen LogP contribution in [-0.2, 0) is 26.0 Å². The fourth-order valence-electron chi connectivity index (χ4n) is 3.31. The lowest BCUT2D eigenvalue weighted by Gasteiger charge is -2.09. The molecule has 1 aliphatic rings. The maximum absolute atomic E-state index is 12.5. The van der Waals surface area contributed by atoms with Crippen molar-refractivity contribution in [3.63, 3.8) is 0 Å². The first kappa shape index (κ1) is 18.6. The second kappa shape index (κ2) is 8.97. The monoisotopic (exact) mass is 397 g/mol. The molecule has 1 aliphatic heterocycles. The number of thiazole rings is 1. The van der Waals surface area contributed by atoms with E-state index in [0.717, 1.165) is 36.7 Å². The third-order valence-electron chi connectivity index (χ3n) is 4.79. The number of fused-ring (bicyclic) bond motifs is 1. The summed E-state index contributed by atoms with van der Waals surface area (Å²) in [5, 5.41) is 13.5. The van der Waals surface area contributed by atoms with Crippen LogP contribution in [0, 0.1) is 0 Å². The molecule has 3 heterocycles. The van der Waals surface area contributed by atoms with Crippen LogP contribution in [0.25, 0.3) is 0 Å². The molecule has 3 aromatic rings. The van der Waals surface area contributed by atoms with Gasteiger partial charge in [-0.05, 0) is 31.0 Å². The van der Waals surface area contributed by atoms with Crippen molar-refractivity contribution < 1.29 is 9.53 Å². The van der Waals surface area contributed by atoms with Crippen LogP contribution >= 0.6 is 11.3 Å². The minimum atomic E-state index is -0.116. The molecule has 0 radical (unpaired) electrons. The molecular weight excluding hydrogens is 374 g/mol. The van der Waals surface area contributed by atoms with Gasteiger partial charge in [0, 0.05) is 36.9 Å². The Bertz CT molecular complexity index is 923. The van der Waals surface area contributed by atoms with Gasteiger partial charge in [0.15, 0.2) is 0 Å². The van der Waals surface area contributed by atoms with E-state index in [1.54, 1.807) is 17.6 Å². The van der Waals surface area contributed by atoms with E-state index in [4.69, 9.17) is 4.74 Å². The summed E-state index contributed by atoms with van der Waals surface area (Å²) < 4.78 is 7.94. The van der Waals surface area contributed by atoms with Gasteiger partial charge in [-0.25, -0.2) is 4.98 Å². The molecule has 146 valence electrons. The normalized spacial score (nSPS) is 13.6. The van der Waals surface area contributed by atoms with Crippen LogP contribution in [0.15, 0.2) is 35.2 Å². The first-order valence-electron chi connectivity index (χ1n) is 9.59. The molecular formula is C20H23N5O2S. The van der Waals surface area contributed by atoms with Gasteiger partial charge in [-0.15, -0.1) is 21.5 Å². The molecule has 1 amide bonds. The zero-order valence-electron chi connectivity index (χ0n) is 15.6. The molecule has 8 heteroatoms. The van der Waals surface area contributed by atoms with E-state index in [1.165, 1.54) is 24.2 Å². The molecule has 2 aromatic heterocycles. The third-order valence-corrected chi connectivity index (χ3v) is 5.42. The Balaban J connectivity index is 1.30. The van der Waals surface area contributed by atoms with E-state index in [2.05, 4.69) is 25.1 Å². The maximum Gasteiger partial charge on any atom is 0.251 e. The van der Waals surface area contributed by atoms with Gasteiger partial charge in [0.05, 0.1) is 11.2 Å². The van der Waals surface area contributed by atoms with Gasteiger partial charge in [0.2, 0.25) is 0 Å². The lowest BCUT2D eigenvalue weighted by Crippen LogP contribution is -2.26. The molecule has 0 spiro atoms. The highest BCUT2D eigenvalue weighted by molar-refractivity contribution is 7.07. The summed E-state index contributed by atoms with van der Waals surface area (Å²) in [6, 6.07) is 7.21. The first-order valence-corrected chi connectivity index (χ1v) is 10.5. The first-order chi connectivity index (χ1) is 13.8. The average Bonchev–Trinajstić information content (AvgIpc) is 3.31. The van der Waals surface area contributed by atoms with Gasteiger partial charge in [-0.3, -0.25) is 4.79 Å². The minimum Gasteiger partial charge on any atom is -0.487 e. The van der Waals surface area contributed by atoms with Crippen LogP contribution in [0.1, 0.15) is 47.0 Å². The largest absolute Gasteiger partial charge is 0.487 e. The van der Waals surface area contributed by atoms with Crippen molar-refractivity contribution in [2.75, 3.05) is 6.54 Å². The number of hydrogen-bond acceptors (Lipinski definition) is 6. The smallest absolute Gasteiger partial charge is 0.251 e. The van der Waals surface area contributed by atoms with Crippen molar-refractivity contribution in [3.8, 4) is 5.75 Å². The van der Waals surface area contributed by atoms with Crippen molar-refractivity contribution in [1.29, 1.82) is 0 Å². The Kier molecular flexibility index (Phi) is 5.96. The Morgan fingerprint density at radius 1 is 1.25 bits per heavy atom. The number of benzene rings is 1. The topological polar surface area (TPSA) is 81.9 Å². The summed E-state index contributed by atoms with van der Waals surface area (Å²) in [5.41, 5.74) is 3.24. The van der Waals surface area contributed by atoms with E-state index >= 15 is 0 Å². The van der Waals surface area contributed by atoms with Crippen molar-refractivity contribution >= 4 is 17.2 Å². The van der Waals surface area contributed by atoms with Gasteiger partial charge in [0.1, 0.15) is 24.0 Å². The number of rotatable bonds is 7. The molecule has 0 saturated heterocycles.